The summed E-state index contributed by atoms with van der Waals surface area (Å²) < 4.78 is 12.8. The predicted octanol–water partition coefficient (Wildman–Crippen LogP) is 4.76. The molecule has 2 atom stereocenters. The van der Waals surface area contributed by atoms with Crippen molar-refractivity contribution in [3.05, 3.63) is 53.7 Å². The molecule has 1 fully saturated rings. The SMILES string of the molecule is COC(=O)c1ccc2c(c1)nc(Cc1ccco1)n2C1CCCCC1C. The van der Waals surface area contributed by atoms with Gasteiger partial charge in [-0.3, -0.25) is 0 Å². The molecule has 0 N–H and O–H groups in total. The van der Waals surface area contributed by atoms with Crippen molar-refractivity contribution in [3.8, 4) is 0 Å². The van der Waals surface area contributed by atoms with Crippen LogP contribution in [0.4, 0.5) is 0 Å². The van der Waals surface area contributed by atoms with Gasteiger partial charge in [-0.1, -0.05) is 19.8 Å². The standard InChI is InChI=1S/C21H24N2O3/c1-14-6-3-4-8-18(14)23-19-10-9-15(21(24)25-2)12-17(19)22-20(23)13-16-7-5-11-26-16/h5,7,9-12,14,18H,3-4,6,8,13H2,1-2H3. The largest absolute Gasteiger partial charge is 0.469 e. The number of aromatic nitrogens is 2. The van der Waals surface area contributed by atoms with Crippen molar-refractivity contribution in [2.24, 2.45) is 5.92 Å². The van der Waals surface area contributed by atoms with Crippen molar-refractivity contribution >= 4 is 17.0 Å². The molecular formula is C21H24N2O3. The number of carbonyl (C=O) groups is 1. The number of methoxy groups -OCH3 is 1. The fourth-order valence-corrected chi connectivity index (χ4v) is 4.14. The van der Waals surface area contributed by atoms with Gasteiger partial charge in [0.2, 0.25) is 0 Å². The van der Waals surface area contributed by atoms with Gasteiger partial charge in [0.05, 0.1) is 36.4 Å². The van der Waals surface area contributed by atoms with E-state index < -0.39 is 0 Å². The van der Waals surface area contributed by atoms with Crippen LogP contribution < -0.4 is 0 Å². The number of rotatable bonds is 4. The van der Waals surface area contributed by atoms with E-state index in [-0.39, 0.29) is 5.97 Å². The Hall–Kier alpha value is -2.56. The van der Waals surface area contributed by atoms with Crippen LogP contribution >= 0.6 is 0 Å². The molecule has 2 heterocycles. The molecule has 5 nitrogen and oxygen atoms in total. The van der Waals surface area contributed by atoms with E-state index >= 15 is 0 Å². The lowest BCUT2D eigenvalue weighted by molar-refractivity contribution is 0.0601. The highest BCUT2D eigenvalue weighted by Crippen LogP contribution is 2.37. The maximum Gasteiger partial charge on any atom is 0.337 e. The van der Waals surface area contributed by atoms with Gasteiger partial charge in [0.15, 0.2) is 0 Å². The Kier molecular flexibility index (Phi) is 4.53. The first-order chi connectivity index (χ1) is 12.7. The lowest BCUT2D eigenvalue weighted by Gasteiger charge is -2.31. The Balaban J connectivity index is 1.83. The molecule has 0 radical (unpaired) electrons. The second kappa shape index (κ2) is 6.98. The third kappa shape index (κ3) is 3.02. The number of furan rings is 1. The number of carbonyl (C=O) groups excluding carboxylic acids is 1. The Morgan fingerprint density at radius 1 is 1.31 bits per heavy atom. The summed E-state index contributed by atoms with van der Waals surface area (Å²) in [6.45, 7) is 2.33. The molecule has 0 aliphatic heterocycles. The average molecular weight is 352 g/mol. The maximum absolute atomic E-state index is 11.9. The number of hydrogen-bond acceptors (Lipinski definition) is 4. The zero-order valence-corrected chi connectivity index (χ0v) is 15.3. The van der Waals surface area contributed by atoms with Gasteiger partial charge in [0, 0.05) is 6.04 Å². The summed E-state index contributed by atoms with van der Waals surface area (Å²) in [7, 11) is 1.40. The maximum atomic E-state index is 11.9. The summed E-state index contributed by atoms with van der Waals surface area (Å²) in [6.07, 6.45) is 7.29. The number of esters is 1. The Morgan fingerprint density at radius 3 is 2.88 bits per heavy atom. The van der Waals surface area contributed by atoms with Gasteiger partial charge in [-0.15, -0.1) is 0 Å². The second-order valence-corrected chi connectivity index (χ2v) is 7.18. The van der Waals surface area contributed by atoms with Crippen LogP contribution in [0.15, 0.2) is 41.0 Å². The van der Waals surface area contributed by atoms with Gasteiger partial charge in [-0.05, 0) is 49.1 Å². The van der Waals surface area contributed by atoms with Crippen LogP contribution in [-0.4, -0.2) is 22.6 Å². The molecule has 5 heteroatoms. The third-order valence-corrected chi connectivity index (χ3v) is 5.49. The summed E-state index contributed by atoms with van der Waals surface area (Å²) in [5.41, 5.74) is 2.45. The summed E-state index contributed by atoms with van der Waals surface area (Å²) >= 11 is 0. The van der Waals surface area contributed by atoms with Crippen LogP contribution in [0, 0.1) is 5.92 Å². The number of ether oxygens (including phenoxy) is 1. The molecule has 3 aromatic rings. The van der Waals surface area contributed by atoms with Crippen molar-refractivity contribution in [2.75, 3.05) is 7.11 Å². The summed E-state index contributed by atoms with van der Waals surface area (Å²) in [5.74, 6) is 2.17. The van der Waals surface area contributed by atoms with Gasteiger partial charge in [-0.25, -0.2) is 9.78 Å². The first-order valence-electron chi connectivity index (χ1n) is 9.29. The van der Waals surface area contributed by atoms with Crippen molar-refractivity contribution in [2.45, 2.75) is 45.1 Å². The minimum Gasteiger partial charge on any atom is -0.469 e. The fourth-order valence-electron chi connectivity index (χ4n) is 4.14. The summed E-state index contributed by atoms with van der Waals surface area (Å²) in [6, 6.07) is 9.98. The number of nitrogens with zero attached hydrogens (tertiary/aromatic N) is 2. The van der Waals surface area contributed by atoms with Crippen LogP contribution in [0.25, 0.3) is 11.0 Å². The molecule has 0 saturated heterocycles. The van der Waals surface area contributed by atoms with Crippen molar-refractivity contribution in [3.63, 3.8) is 0 Å². The quantitative estimate of drug-likeness (QED) is 0.635. The Labute approximate surface area is 153 Å². The van der Waals surface area contributed by atoms with Crippen LogP contribution in [0.2, 0.25) is 0 Å². The molecule has 1 aliphatic rings. The molecule has 0 spiro atoms. The highest BCUT2D eigenvalue weighted by molar-refractivity contribution is 5.93. The highest BCUT2D eigenvalue weighted by atomic mass is 16.5. The minimum atomic E-state index is -0.333. The first kappa shape index (κ1) is 16.9. The van der Waals surface area contributed by atoms with Crippen molar-refractivity contribution in [1.82, 2.24) is 9.55 Å². The van der Waals surface area contributed by atoms with E-state index in [9.17, 15) is 4.79 Å². The van der Waals surface area contributed by atoms with Crippen LogP contribution in [0.3, 0.4) is 0 Å². The third-order valence-electron chi connectivity index (χ3n) is 5.49. The zero-order chi connectivity index (χ0) is 18.1. The molecule has 2 aromatic heterocycles. The number of hydrogen-bond donors (Lipinski definition) is 0. The van der Waals surface area contributed by atoms with E-state index in [1.807, 2.05) is 30.3 Å². The average Bonchev–Trinajstić information content (AvgIpc) is 3.28. The van der Waals surface area contributed by atoms with E-state index in [2.05, 4.69) is 11.5 Å². The molecule has 0 amide bonds. The van der Waals surface area contributed by atoms with Gasteiger partial charge in [0.25, 0.3) is 0 Å². The summed E-state index contributed by atoms with van der Waals surface area (Å²) in [5, 5.41) is 0. The highest BCUT2D eigenvalue weighted by Gasteiger charge is 2.27. The van der Waals surface area contributed by atoms with Crippen molar-refractivity contribution in [1.29, 1.82) is 0 Å². The fraction of sp³-hybridized carbons (Fsp3) is 0.429. The molecule has 1 aromatic carbocycles. The molecule has 1 aliphatic carbocycles. The van der Waals surface area contributed by atoms with E-state index in [1.165, 1.54) is 26.4 Å². The molecular weight excluding hydrogens is 328 g/mol. The topological polar surface area (TPSA) is 57.3 Å². The normalized spacial score (nSPS) is 20.4. The summed E-state index contributed by atoms with van der Waals surface area (Å²) in [4.78, 5) is 16.8. The minimum absolute atomic E-state index is 0.333. The lowest BCUT2D eigenvalue weighted by Crippen LogP contribution is -2.23. The van der Waals surface area contributed by atoms with Crippen LogP contribution in [0.1, 0.15) is 60.6 Å². The Morgan fingerprint density at radius 2 is 2.15 bits per heavy atom. The molecule has 1 saturated carbocycles. The molecule has 4 rings (SSSR count). The van der Waals surface area contributed by atoms with E-state index in [0.717, 1.165) is 29.0 Å². The van der Waals surface area contributed by atoms with Gasteiger partial charge in [-0.2, -0.15) is 0 Å². The van der Waals surface area contributed by atoms with E-state index in [4.69, 9.17) is 14.1 Å². The Bertz CT molecular complexity index is 911. The number of imidazole rings is 1. The van der Waals surface area contributed by atoms with E-state index in [1.54, 1.807) is 6.26 Å². The molecule has 2 unspecified atom stereocenters. The molecule has 136 valence electrons. The lowest BCUT2D eigenvalue weighted by atomic mass is 9.85. The predicted molar refractivity (Wildman–Crippen MR) is 99.3 cm³/mol. The van der Waals surface area contributed by atoms with E-state index in [0.29, 0.717) is 23.9 Å². The monoisotopic (exact) mass is 352 g/mol. The zero-order valence-electron chi connectivity index (χ0n) is 15.3. The van der Waals surface area contributed by atoms with Gasteiger partial charge < -0.3 is 13.7 Å². The van der Waals surface area contributed by atoms with Crippen molar-refractivity contribution < 1.29 is 13.9 Å². The molecule has 26 heavy (non-hydrogen) atoms. The van der Waals surface area contributed by atoms with Crippen LogP contribution in [0.5, 0.6) is 0 Å². The smallest absolute Gasteiger partial charge is 0.337 e. The number of fused-ring (bicyclic) bond motifs is 1. The van der Waals surface area contributed by atoms with Gasteiger partial charge >= 0.3 is 5.97 Å². The first-order valence-corrected chi connectivity index (χ1v) is 9.29. The number of benzene rings is 1. The van der Waals surface area contributed by atoms with Crippen LogP contribution in [-0.2, 0) is 11.2 Å². The second-order valence-electron chi connectivity index (χ2n) is 7.18. The van der Waals surface area contributed by atoms with Gasteiger partial charge in [0.1, 0.15) is 11.6 Å². The molecule has 0 bridgehead atoms.